The van der Waals surface area contributed by atoms with Gasteiger partial charge in [-0.3, -0.25) is 9.80 Å². The van der Waals surface area contributed by atoms with Crippen molar-refractivity contribution in [2.45, 2.75) is 58.0 Å². The average Bonchev–Trinajstić information content (AvgIpc) is 2.81. The van der Waals surface area contributed by atoms with Crippen molar-refractivity contribution in [2.75, 3.05) is 31.1 Å². The van der Waals surface area contributed by atoms with E-state index in [1.54, 1.807) is 4.90 Å². The van der Waals surface area contributed by atoms with Gasteiger partial charge in [-0.25, -0.2) is 14.8 Å². The second-order valence-electron chi connectivity index (χ2n) is 8.95. The number of carbonyl (C=O) groups is 1. The second kappa shape index (κ2) is 10.9. The first kappa shape index (κ1) is 24.1. The summed E-state index contributed by atoms with van der Waals surface area (Å²) in [5, 5.41) is 0. The Morgan fingerprint density at radius 2 is 1.68 bits per heavy atom. The predicted molar refractivity (Wildman–Crippen MR) is 123 cm³/mol. The molecule has 1 aromatic carbocycles. The van der Waals surface area contributed by atoms with Gasteiger partial charge in [-0.15, -0.1) is 0 Å². The predicted octanol–water partition coefficient (Wildman–Crippen LogP) is 3.78. The van der Waals surface area contributed by atoms with Crippen molar-refractivity contribution in [1.29, 1.82) is 0 Å². The van der Waals surface area contributed by atoms with Gasteiger partial charge in [0.25, 0.3) is 0 Å². The van der Waals surface area contributed by atoms with Crippen LogP contribution in [0.2, 0.25) is 0 Å². The number of amides is 1. The maximum absolute atomic E-state index is 13.0. The molecule has 0 radical (unpaired) electrons. The van der Waals surface area contributed by atoms with E-state index in [4.69, 9.17) is 4.74 Å². The van der Waals surface area contributed by atoms with Gasteiger partial charge >= 0.3 is 12.7 Å². The number of alkyl halides is 2. The minimum Gasteiger partial charge on any atom is -0.446 e. The average molecular weight is 476 g/mol. The van der Waals surface area contributed by atoms with Crippen molar-refractivity contribution in [2.24, 2.45) is 0 Å². The van der Waals surface area contributed by atoms with Gasteiger partial charge in [0.05, 0.1) is 24.5 Å². The fourth-order valence-electron chi connectivity index (χ4n) is 4.71. The third-order valence-corrected chi connectivity index (χ3v) is 6.30. The highest BCUT2D eigenvalue weighted by Gasteiger charge is 2.36. The highest BCUT2D eigenvalue weighted by atomic mass is 19.3. The molecule has 0 spiro atoms. The monoisotopic (exact) mass is 475 g/mol. The number of aromatic nitrogens is 2. The van der Waals surface area contributed by atoms with E-state index in [2.05, 4.69) is 43.9 Å². The van der Waals surface area contributed by atoms with Crippen LogP contribution in [0.5, 0.6) is 5.75 Å². The third kappa shape index (κ3) is 6.11. The molecular formula is C24H31F2N5O3. The van der Waals surface area contributed by atoms with Crippen LogP contribution in [0.15, 0.2) is 42.7 Å². The SMILES string of the molecule is C[C@@H]1CN(c2ncc(OC(F)F)cn2)C[C@H](C)N1C(=O)OC1CCN(Cc2ccccc2)CC1. The molecule has 8 nitrogen and oxygen atoms in total. The van der Waals surface area contributed by atoms with Gasteiger partial charge < -0.3 is 14.4 Å². The summed E-state index contributed by atoms with van der Waals surface area (Å²) in [6, 6.07) is 10.1. The molecule has 0 saturated carbocycles. The summed E-state index contributed by atoms with van der Waals surface area (Å²) in [6.45, 7) is 4.74. The zero-order valence-electron chi connectivity index (χ0n) is 19.5. The number of piperazine rings is 1. The zero-order valence-corrected chi connectivity index (χ0v) is 19.5. The molecule has 2 fully saturated rings. The molecule has 34 heavy (non-hydrogen) atoms. The minimum absolute atomic E-state index is 0.0809. The van der Waals surface area contributed by atoms with Gasteiger partial charge in [-0.1, -0.05) is 30.3 Å². The third-order valence-electron chi connectivity index (χ3n) is 6.30. The lowest BCUT2D eigenvalue weighted by atomic mass is 10.1. The first-order valence-corrected chi connectivity index (χ1v) is 11.7. The van der Waals surface area contributed by atoms with E-state index in [1.807, 2.05) is 24.8 Å². The number of rotatable bonds is 6. The maximum atomic E-state index is 13.0. The van der Waals surface area contributed by atoms with E-state index < -0.39 is 6.61 Å². The molecule has 1 aromatic heterocycles. The Morgan fingerprint density at radius 3 is 2.26 bits per heavy atom. The number of halogens is 2. The van der Waals surface area contributed by atoms with Gasteiger partial charge in [0.1, 0.15) is 6.10 Å². The van der Waals surface area contributed by atoms with Crippen molar-refractivity contribution in [3.63, 3.8) is 0 Å². The molecular weight excluding hydrogens is 444 g/mol. The van der Waals surface area contributed by atoms with E-state index in [1.165, 1.54) is 18.0 Å². The molecule has 1 amide bonds. The summed E-state index contributed by atoms with van der Waals surface area (Å²) in [6.07, 6.45) is 3.73. The van der Waals surface area contributed by atoms with Gasteiger partial charge in [-0.05, 0) is 32.3 Å². The van der Waals surface area contributed by atoms with E-state index in [0.29, 0.717) is 19.0 Å². The topological polar surface area (TPSA) is 71.0 Å². The van der Waals surface area contributed by atoms with Gasteiger partial charge in [-0.2, -0.15) is 8.78 Å². The summed E-state index contributed by atoms with van der Waals surface area (Å²) in [5.41, 5.74) is 1.29. The molecule has 0 unspecified atom stereocenters. The molecule has 2 aliphatic heterocycles. The Bertz CT molecular complexity index is 914. The van der Waals surface area contributed by atoms with Crippen molar-refractivity contribution in [1.82, 2.24) is 19.8 Å². The van der Waals surface area contributed by atoms with Crippen LogP contribution in [-0.4, -0.2) is 76.8 Å². The molecule has 4 rings (SSSR count). The minimum atomic E-state index is -2.92. The number of benzene rings is 1. The Balaban J connectivity index is 1.26. The fraction of sp³-hybridized carbons (Fsp3) is 0.542. The highest BCUT2D eigenvalue weighted by Crippen LogP contribution is 2.24. The molecule has 2 aromatic rings. The maximum Gasteiger partial charge on any atom is 0.410 e. The van der Waals surface area contributed by atoms with E-state index in [-0.39, 0.29) is 30.0 Å². The van der Waals surface area contributed by atoms with Crippen molar-refractivity contribution >= 4 is 12.0 Å². The van der Waals surface area contributed by atoms with Crippen LogP contribution in [0.25, 0.3) is 0 Å². The van der Waals surface area contributed by atoms with Crippen LogP contribution in [0.1, 0.15) is 32.3 Å². The Labute approximate surface area is 198 Å². The van der Waals surface area contributed by atoms with Crippen LogP contribution in [-0.2, 0) is 11.3 Å². The summed E-state index contributed by atoms with van der Waals surface area (Å²) in [5.74, 6) is 0.330. The van der Waals surface area contributed by atoms with Crippen LogP contribution in [0.4, 0.5) is 19.5 Å². The van der Waals surface area contributed by atoms with Crippen molar-refractivity contribution in [3.05, 3.63) is 48.3 Å². The largest absolute Gasteiger partial charge is 0.446 e. The van der Waals surface area contributed by atoms with E-state index in [9.17, 15) is 13.6 Å². The lowest BCUT2D eigenvalue weighted by molar-refractivity contribution is -0.0503. The number of hydrogen-bond acceptors (Lipinski definition) is 7. The van der Waals surface area contributed by atoms with Gasteiger partial charge in [0.15, 0.2) is 5.75 Å². The van der Waals surface area contributed by atoms with Crippen molar-refractivity contribution < 1.29 is 23.0 Å². The highest BCUT2D eigenvalue weighted by molar-refractivity contribution is 5.69. The first-order valence-electron chi connectivity index (χ1n) is 11.7. The number of piperidine rings is 1. The quantitative estimate of drug-likeness (QED) is 0.630. The van der Waals surface area contributed by atoms with Crippen LogP contribution < -0.4 is 9.64 Å². The molecule has 3 heterocycles. The number of carbonyl (C=O) groups excluding carboxylic acids is 1. The van der Waals surface area contributed by atoms with Crippen LogP contribution >= 0.6 is 0 Å². The summed E-state index contributed by atoms with van der Waals surface area (Å²) in [7, 11) is 0. The molecule has 10 heteroatoms. The molecule has 2 atom stereocenters. The fourth-order valence-corrected chi connectivity index (χ4v) is 4.71. The number of ether oxygens (including phenoxy) is 2. The zero-order chi connectivity index (χ0) is 24.1. The number of likely N-dealkylation sites (tertiary alicyclic amines) is 1. The van der Waals surface area contributed by atoms with Gasteiger partial charge in [0.2, 0.25) is 5.95 Å². The van der Waals surface area contributed by atoms with Crippen molar-refractivity contribution in [3.8, 4) is 5.75 Å². The Morgan fingerprint density at radius 1 is 1.06 bits per heavy atom. The van der Waals surface area contributed by atoms with E-state index >= 15 is 0 Å². The summed E-state index contributed by atoms with van der Waals surface area (Å²) >= 11 is 0. The summed E-state index contributed by atoms with van der Waals surface area (Å²) < 4.78 is 34.9. The second-order valence-corrected chi connectivity index (χ2v) is 8.95. The molecule has 0 bridgehead atoms. The lowest BCUT2D eigenvalue weighted by Gasteiger charge is -2.44. The lowest BCUT2D eigenvalue weighted by Crippen LogP contribution is -2.59. The summed E-state index contributed by atoms with van der Waals surface area (Å²) in [4.78, 5) is 27.4. The Kier molecular flexibility index (Phi) is 7.77. The molecule has 184 valence electrons. The van der Waals surface area contributed by atoms with Crippen LogP contribution in [0.3, 0.4) is 0 Å². The Hall–Kier alpha value is -3.01. The van der Waals surface area contributed by atoms with Crippen LogP contribution in [0, 0.1) is 0 Å². The molecule has 2 saturated heterocycles. The standard InChI is InChI=1S/C24H31F2N5O3/c1-17-14-30(23-27-12-21(13-28-23)33-22(25)26)15-18(2)31(17)24(32)34-20-8-10-29(11-9-20)16-19-6-4-3-5-7-19/h3-7,12-13,17-18,20,22H,8-11,14-16H2,1-2H3/t17-,18+. The van der Waals surface area contributed by atoms with E-state index in [0.717, 1.165) is 32.5 Å². The molecule has 2 aliphatic rings. The molecule has 0 aliphatic carbocycles. The number of nitrogens with zero attached hydrogens (tertiary/aromatic N) is 5. The number of anilines is 1. The number of hydrogen-bond donors (Lipinski definition) is 0. The smallest absolute Gasteiger partial charge is 0.410 e. The molecule has 0 N–H and O–H groups in total. The first-order chi connectivity index (χ1) is 16.4. The van der Waals surface area contributed by atoms with Gasteiger partial charge in [0, 0.05) is 32.7 Å². The normalized spacial score (nSPS) is 22.1.